The van der Waals surface area contributed by atoms with E-state index in [-0.39, 0.29) is 59.8 Å². The number of nitrogens with zero attached hydrogens (tertiary/aromatic N) is 1. The van der Waals surface area contributed by atoms with E-state index >= 15 is 0 Å². The Labute approximate surface area is 283 Å². The molecular weight excluding hydrogens is 654 g/mol. The predicted octanol–water partition coefficient (Wildman–Crippen LogP) is 4.92. The fourth-order valence-electron chi connectivity index (χ4n) is 4.61. The topological polar surface area (TPSA) is 134 Å². The standard InChI is InChI=1S/C35H49N3O7.BrH/c1-33(2,3)31(42)44-25-18-24(19-26(20-25)45-32(43)34(4,5)6)28(39)21-37-35(7,8)22-36-30(41)27-15-12-16-38(27)29(40)17-23-13-10-9-11-14-23;/h9-11,13-14,18-20,27-28,37,39H,12,15-17,21-22H2,1-8H3,(H,36,41);1H/t27-,28?;/m1./s1. The molecule has 1 fully saturated rings. The number of aliphatic hydroxyl groups is 1. The van der Waals surface area contributed by atoms with Gasteiger partial charge in [-0.15, -0.1) is 17.0 Å². The van der Waals surface area contributed by atoms with Crippen LogP contribution in [0.5, 0.6) is 11.5 Å². The summed E-state index contributed by atoms with van der Waals surface area (Å²) >= 11 is 0. The summed E-state index contributed by atoms with van der Waals surface area (Å²) in [6.07, 6.45) is 0.575. The zero-order valence-electron chi connectivity index (χ0n) is 28.3. The molecule has 11 heteroatoms. The fraction of sp³-hybridized carbons (Fsp3) is 0.543. The van der Waals surface area contributed by atoms with Crippen molar-refractivity contribution in [3.63, 3.8) is 0 Å². The van der Waals surface area contributed by atoms with E-state index in [1.165, 1.54) is 6.07 Å². The van der Waals surface area contributed by atoms with E-state index in [9.17, 15) is 24.3 Å². The number of β-amino-alcohol motifs (C(OH)–C–C–N with tert-alkyl or cyclic N) is 1. The van der Waals surface area contributed by atoms with Crippen LogP contribution in [0.15, 0.2) is 48.5 Å². The van der Waals surface area contributed by atoms with Crippen LogP contribution in [-0.2, 0) is 25.6 Å². The Balaban J connectivity index is 0.00000736. The Bertz CT molecular complexity index is 1320. The smallest absolute Gasteiger partial charge is 0.316 e. The van der Waals surface area contributed by atoms with E-state index in [1.54, 1.807) is 58.6 Å². The monoisotopic (exact) mass is 703 g/mol. The number of carbonyl (C=O) groups is 4. The Morgan fingerprint density at radius 1 is 0.891 bits per heavy atom. The molecule has 1 saturated heterocycles. The van der Waals surface area contributed by atoms with Crippen molar-refractivity contribution in [1.82, 2.24) is 15.5 Å². The van der Waals surface area contributed by atoms with Gasteiger partial charge in [-0.05, 0) is 91.5 Å². The van der Waals surface area contributed by atoms with E-state index in [2.05, 4.69) is 10.6 Å². The number of rotatable bonds is 11. The molecule has 2 aromatic carbocycles. The number of hydrogen-bond donors (Lipinski definition) is 3. The minimum absolute atomic E-state index is 0. The van der Waals surface area contributed by atoms with Crippen molar-refractivity contribution < 1.29 is 33.8 Å². The number of carbonyl (C=O) groups excluding carboxylic acids is 4. The van der Waals surface area contributed by atoms with Crippen molar-refractivity contribution in [3.8, 4) is 11.5 Å². The van der Waals surface area contributed by atoms with Crippen molar-refractivity contribution in [2.75, 3.05) is 19.6 Å². The summed E-state index contributed by atoms with van der Waals surface area (Å²) in [5.41, 5.74) is -0.854. The highest BCUT2D eigenvalue weighted by Crippen LogP contribution is 2.30. The number of aliphatic hydroxyl groups excluding tert-OH is 1. The molecule has 0 aromatic heterocycles. The SMILES string of the molecule is Br.CC(C)(CNC(=O)[C@H]1CCCN1C(=O)Cc1ccccc1)NCC(O)c1cc(OC(=O)C(C)(C)C)cc(OC(=O)C(C)(C)C)c1. The minimum atomic E-state index is -1.05. The van der Waals surface area contributed by atoms with Crippen LogP contribution in [0.25, 0.3) is 0 Å². The van der Waals surface area contributed by atoms with Gasteiger partial charge in [0.1, 0.15) is 17.5 Å². The molecule has 0 bridgehead atoms. The Kier molecular flexibility index (Phi) is 13.5. The Morgan fingerprint density at radius 2 is 1.43 bits per heavy atom. The third-order valence-electron chi connectivity index (χ3n) is 7.49. The van der Waals surface area contributed by atoms with Crippen molar-refractivity contribution in [3.05, 3.63) is 59.7 Å². The predicted molar refractivity (Wildman–Crippen MR) is 182 cm³/mol. The van der Waals surface area contributed by atoms with Crippen molar-refractivity contribution in [1.29, 1.82) is 0 Å². The molecule has 2 atom stereocenters. The number of halogens is 1. The maximum atomic E-state index is 13.1. The normalized spacial score (nSPS) is 15.8. The molecule has 0 aliphatic carbocycles. The number of likely N-dealkylation sites (tertiary alicyclic amines) is 1. The van der Waals surface area contributed by atoms with Gasteiger partial charge in [-0.25, -0.2) is 0 Å². The Morgan fingerprint density at radius 3 is 1.96 bits per heavy atom. The van der Waals surface area contributed by atoms with Crippen molar-refractivity contribution >= 4 is 40.7 Å². The van der Waals surface area contributed by atoms with Gasteiger partial charge in [-0.3, -0.25) is 19.2 Å². The van der Waals surface area contributed by atoms with Crippen molar-refractivity contribution in [2.24, 2.45) is 10.8 Å². The average molecular weight is 705 g/mol. The molecule has 2 aromatic rings. The molecule has 10 nitrogen and oxygen atoms in total. The van der Waals surface area contributed by atoms with E-state index in [0.717, 1.165) is 12.0 Å². The zero-order chi connectivity index (χ0) is 33.6. The second-order valence-corrected chi connectivity index (χ2v) is 14.4. The number of ether oxygens (including phenoxy) is 2. The summed E-state index contributed by atoms with van der Waals surface area (Å²) < 4.78 is 11.1. The summed E-state index contributed by atoms with van der Waals surface area (Å²) in [6, 6.07) is 13.5. The van der Waals surface area contributed by atoms with Crippen LogP contribution >= 0.6 is 17.0 Å². The Hall–Kier alpha value is -3.28. The van der Waals surface area contributed by atoms with Crippen LogP contribution in [0.4, 0.5) is 0 Å². The van der Waals surface area contributed by atoms with E-state index in [4.69, 9.17) is 9.47 Å². The molecule has 0 radical (unpaired) electrons. The van der Waals surface area contributed by atoms with Crippen LogP contribution in [0.3, 0.4) is 0 Å². The number of hydrogen-bond acceptors (Lipinski definition) is 8. The van der Waals surface area contributed by atoms with Gasteiger partial charge in [0.15, 0.2) is 0 Å². The molecule has 3 N–H and O–H groups in total. The molecule has 1 unspecified atom stereocenters. The molecule has 1 aliphatic heterocycles. The molecule has 1 heterocycles. The second-order valence-electron chi connectivity index (χ2n) is 14.4. The lowest BCUT2D eigenvalue weighted by molar-refractivity contribution is -0.143. The lowest BCUT2D eigenvalue weighted by Crippen LogP contribution is -2.53. The highest BCUT2D eigenvalue weighted by molar-refractivity contribution is 8.93. The molecule has 0 spiro atoms. The first-order valence-corrected chi connectivity index (χ1v) is 15.5. The highest BCUT2D eigenvalue weighted by Gasteiger charge is 2.35. The van der Waals surface area contributed by atoms with Gasteiger partial charge >= 0.3 is 11.9 Å². The molecule has 3 rings (SSSR count). The molecule has 0 saturated carbocycles. The first kappa shape index (κ1) is 38.9. The number of nitrogens with one attached hydrogen (secondary N) is 2. The molecular formula is C35H50BrN3O7. The van der Waals surface area contributed by atoms with Gasteiger partial charge in [0, 0.05) is 31.2 Å². The van der Waals surface area contributed by atoms with Gasteiger partial charge in [0.25, 0.3) is 0 Å². The summed E-state index contributed by atoms with van der Waals surface area (Å²) in [4.78, 5) is 52.9. The molecule has 254 valence electrons. The van der Waals surface area contributed by atoms with Crippen LogP contribution in [-0.4, -0.2) is 65.0 Å². The number of amides is 2. The zero-order valence-corrected chi connectivity index (χ0v) is 30.0. The van der Waals surface area contributed by atoms with E-state index in [1.807, 2.05) is 44.2 Å². The average Bonchev–Trinajstić information content (AvgIpc) is 3.45. The molecule has 46 heavy (non-hydrogen) atoms. The van der Waals surface area contributed by atoms with E-state index in [0.29, 0.717) is 18.5 Å². The highest BCUT2D eigenvalue weighted by atomic mass is 79.9. The lowest BCUT2D eigenvalue weighted by Gasteiger charge is -2.30. The largest absolute Gasteiger partial charge is 0.426 e. The van der Waals surface area contributed by atoms with Crippen LogP contribution in [0.1, 0.15) is 85.5 Å². The van der Waals surface area contributed by atoms with Gasteiger partial charge in [-0.2, -0.15) is 0 Å². The van der Waals surface area contributed by atoms with Gasteiger partial charge in [0.05, 0.1) is 23.4 Å². The quantitative estimate of drug-likeness (QED) is 0.222. The maximum absolute atomic E-state index is 13.1. The third kappa shape index (κ3) is 11.5. The number of benzene rings is 2. The summed E-state index contributed by atoms with van der Waals surface area (Å²) in [6.45, 7) is 15.1. The van der Waals surface area contributed by atoms with Gasteiger partial charge < -0.3 is 30.1 Å². The van der Waals surface area contributed by atoms with Crippen LogP contribution in [0.2, 0.25) is 0 Å². The molecule has 2 amide bonds. The second kappa shape index (κ2) is 16.0. The lowest BCUT2D eigenvalue weighted by atomic mass is 9.97. The third-order valence-corrected chi connectivity index (χ3v) is 7.49. The number of esters is 2. The molecule has 1 aliphatic rings. The minimum Gasteiger partial charge on any atom is -0.426 e. The van der Waals surface area contributed by atoms with E-state index < -0.39 is 40.5 Å². The fourth-order valence-corrected chi connectivity index (χ4v) is 4.61. The van der Waals surface area contributed by atoms with Crippen LogP contribution < -0.4 is 20.1 Å². The van der Waals surface area contributed by atoms with Gasteiger partial charge in [-0.1, -0.05) is 30.3 Å². The first-order chi connectivity index (χ1) is 20.9. The summed E-state index contributed by atoms with van der Waals surface area (Å²) in [5.74, 6) is -0.916. The van der Waals surface area contributed by atoms with Crippen LogP contribution in [0, 0.1) is 10.8 Å². The maximum Gasteiger partial charge on any atom is 0.316 e. The van der Waals surface area contributed by atoms with Gasteiger partial charge in [0.2, 0.25) is 11.8 Å². The first-order valence-electron chi connectivity index (χ1n) is 15.5. The van der Waals surface area contributed by atoms with Crippen molar-refractivity contribution in [2.45, 2.75) is 92.3 Å². The summed E-state index contributed by atoms with van der Waals surface area (Å²) in [7, 11) is 0. The summed E-state index contributed by atoms with van der Waals surface area (Å²) in [5, 5.41) is 17.4.